The van der Waals surface area contributed by atoms with Crippen LogP contribution in [0.15, 0.2) is 6.20 Å². The summed E-state index contributed by atoms with van der Waals surface area (Å²) in [4.78, 5) is 0. The first-order chi connectivity index (χ1) is 5.94. The van der Waals surface area contributed by atoms with E-state index in [2.05, 4.69) is 32.1 Å². The molecule has 0 radical (unpaired) electrons. The van der Waals surface area contributed by atoms with Crippen molar-refractivity contribution in [3.8, 4) is 0 Å². The van der Waals surface area contributed by atoms with Crippen molar-refractivity contribution in [1.82, 2.24) is 9.78 Å². The Bertz CT molecular complexity index is 338. The molecule has 0 aromatic carbocycles. The van der Waals surface area contributed by atoms with Crippen molar-refractivity contribution in [3.05, 3.63) is 17.5 Å². The average molecular weight is 179 g/mol. The molecule has 1 saturated carbocycles. The Hall–Kier alpha value is -0.830. The molecule has 2 N–H and O–H groups in total. The topological polar surface area (TPSA) is 43.8 Å². The van der Waals surface area contributed by atoms with Gasteiger partial charge >= 0.3 is 0 Å². The largest absolute Gasteiger partial charge is 0.327 e. The van der Waals surface area contributed by atoms with E-state index in [4.69, 9.17) is 5.73 Å². The van der Waals surface area contributed by atoms with Gasteiger partial charge in [0.2, 0.25) is 0 Å². The van der Waals surface area contributed by atoms with Crippen LogP contribution in [0.3, 0.4) is 0 Å². The van der Waals surface area contributed by atoms with E-state index in [0.717, 1.165) is 0 Å². The molecule has 1 aromatic rings. The van der Waals surface area contributed by atoms with Crippen molar-refractivity contribution in [2.75, 3.05) is 0 Å². The fourth-order valence-corrected chi connectivity index (χ4v) is 2.13. The number of rotatable bonds is 1. The molecular formula is C10H17N3. The van der Waals surface area contributed by atoms with Crippen LogP contribution in [0.1, 0.15) is 31.0 Å². The lowest BCUT2D eigenvalue weighted by atomic mass is 10.1. The Morgan fingerprint density at radius 1 is 1.54 bits per heavy atom. The molecule has 1 fully saturated rings. The molecule has 1 heterocycles. The smallest absolute Gasteiger partial charge is 0.0706 e. The van der Waals surface area contributed by atoms with E-state index in [0.29, 0.717) is 5.92 Å². The third-order valence-electron chi connectivity index (χ3n) is 3.26. The SMILES string of the molecule is Cc1cn(C)nc1C1C(N)C1(C)C. The first-order valence-electron chi connectivity index (χ1n) is 4.70. The molecule has 2 unspecified atom stereocenters. The van der Waals surface area contributed by atoms with E-state index >= 15 is 0 Å². The maximum Gasteiger partial charge on any atom is 0.0706 e. The van der Waals surface area contributed by atoms with Gasteiger partial charge in [-0.05, 0) is 17.9 Å². The second-order valence-corrected chi connectivity index (χ2v) is 4.70. The Morgan fingerprint density at radius 3 is 2.38 bits per heavy atom. The van der Waals surface area contributed by atoms with E-state index < -0.39 is 0 Å². The van der Waals surface area contributed by atoms with E-state index in [1.807, 2.05) is 11.7 Å². The number of aromatic nitrogens is 2. The van der Waals surface area contributed by atoms with E-state index in [1.54, 1.807) is 0 Å². The third kappa shape index (κ3) is 1.10. The average Bonchev–Trinajstić information content (AvgIpc) is 2.36. The quantitative estimate of drug-likeness (QED) is 0.703. The number of aryl methyl sites for hydroxylation is 2. The lowest BCUT2D eigenvalue weighted by molar-refractivity contribution is 0.591. The molecule has 0 amide bonds. The zero-order chi connectivity index (χ0) is 9.80. The number of hydrogen-bond donors (Lipinski definition) is 1. The van der Waals surface area contributed by atoms with Crippen LogP contribution in [-0.4, -0.2) is 15.8 Å². The van der Waals surface area contributed by atoms with Crippen molar-refractivity contribution >= 4 is 0 Å². The van der Waals surface area contributed by atoms with Crippen LogP contribution < -0.4 is 5.73 Å². The molecule has 1 aliphatic carbocycles. The molecule has 13 heavy (non-hydrogen) atoms. The minimum atomic E-state index is 0.235. The molecule has 72 valence electrons. The summed E-state index contributed by atoms with van der Waals surface area (Å²) in [5.41, 5.74) is 8.68. The van der Waals surface area contributed by atoms with Crippen molar-refractivity contribution in [2.45, 2.75) is 32.7 Å². The fourth-order valence-electron chi connectivity index (χ4n) is 2.13. The Balaban J connectivity index is 2.34. The van der Waals surface area contributed by atoms with Crippen molar-refractivity contribution in [1.29, 1.82) is 0 Å². The predicted octanol–water partition coefficient (Wildman–Crippen LogP) is 1.18. The first kappa shape index (κ1) is 8.75. The molecular weight excluding hydrogens is 162 g/mol. The van der Waals surface area contributed by atoms with Crippen LogP contribution in [0, 0.1) is 12.3 Å². The Labute approximate surface area is 78.9 Å². The minimum Gasteiger partial charge on any atom is -0.327 e. The first-order valence-corrected chi connectivity index (χ1v) is 4.70. The fraction of sp³-hybridized carbons (Fsp3) is 0.700. The van der Waals surface area contributed by atoms with E-state index in [1.165, 1.54) is 11.3 Å². The molecule has 1 aliphatic rings. The molecule has 0 bridgehead atoms. The van der Waals surface area contributed by atoms with Gasteiger partial charge in [-0.3, -0.25) is 4.68 Å². The highest BCUT2D eigenvalue weighted by Crippen LogP contribution is 2.57. The van der Waals surface area contributed by atoms with Crippen molar-refractivity contribution in [3.63, 3.8) is 0 Å². The number of nitrogens with zero attached hydrogens (tertiary/aromatic N) is 2. The summed E-state index contributed by atoms with van der Waals surface area (Å²) in [5, 5.41) is 4.45. The molecule has 3 heteroatoms. The van der Waals surface area contributed by atoms with Crippen LogP contribution in [0.5, 0.6) is 0 Å². The maximum absolute atomic E-state index is 6.01. The summed E-state index contributed by atoms with van der Waals surface area (Å²) in [6.07, 6.45) is 2.05. The van der Waals surface area contributed by atoms with Crippen LogP contribution in [0.4, 0.5) is 0 Å². The van der Waals surface area contributed by atoms with E-state index in [-0.39, 0.29) is 11.5 Å². The summed E-state index contributed by atoms with van der Waals surface area (Å²) in [7, 11) is 1.96. The predicted molar refractivity (Wildman–Crippen MR) is 52.4 cm³/mol. The molecule has 3 nitrogen and oxygen atoms in total. The zero-order valence-corrected chi connectivity index (χ0v) is 8.70. The number of nitrogens with two attached hydrogens (primary N) is 1. The van der Waals surface area contributed by atoms with Gasteiger partial charge in [0.1, 0.15) is 0 Å². The van der Waals surface area contributed by atoms with Gasteiger partial charge in [0, 0.05) is 25.2 Å². The summed E-state index contributed by atoms with van der Waals surface area (Å²) >= 11 is 0. The molecule has 0 saturated heterocycles. The lowest BCUT2D eigenvalue weighted by Gasteiger charge is -1.99. The van der Waals surface area contributed by atoms with Gasteiger partial charge in [0.25, 0.3) is 0 Å². The summed E-state index contributed by atoms with van der Waals surface area (Å²) < 4.78 is 1.87. The van der Waals surface area contributed by atoms with Gasteiger partial charge in [-0.15, -0.1) is 0 Å². The summed E-state index contributed by atoms with van der Waals surface area (Å²) in [6.45, 7) is 6.51. The lowest BCUT2D eigenvalue weighted by Crippen LogP contribution is -2.06. The monoisotopic (exact) mass is 179 g/mol. The van der Waals surface area contributed by atoms with Gasteiger partial charge < -0.3 is 5.73 Å². The second-order valence-electron chi connectivity index (χ2n) is 4.70. The van der Waals surface area contributed by atoms with Gasteiger partial charge in [-0.1, -0.05) is 13.8 Å². The minimum absolute atomic E-state index is 0.235. The van der Waals surface area contributed by atoms with Crippen molar-refractivity contribution < 1.29 is 0 Å². The van der Waals surface area contributed by atoms with Crippen LogP contribution >= 0.6 is 0 Å². The molecule has 2 rings (SSSR count). The zero-order valence-electron chi connectivity index (χ0n) is 8.70. The highest BCUT2D eigenvalue weighted by Gasteiger charge is 2.57. The standard InChI is InChI=1S/C10H17N3/c1-6-5-13(4)12-8(6)7-9(11)10(7,2)3/h5,7,9H,11H2,1-4H3. The van der Waals surface area contributed by atoms with Crippen LogP contribution in [0.25, 0.3) is 0 Å². The Morgan fingerprint density at radius 2 is 2.08 bits per heavy atom. The molecule has 0 spiro atoms. The van der Waals surface area contributed by atoms with Crippen LogP contribution in [-0.2, 0) is 7.05 Å². The van der Waals surface area contributed by atoms with Gasteiger partial charge in [0.05, 0.1) is 5.69 Å². The molecule has 1 aromatic heterocycles. The highest BCUT2D eigenvalue weighted by molar-refractivity contribution is 5.33. The Kier molecular flexibility index (Phi) is 1.58. The molecule has 0 aliphatic heterocycles. The van der Waals surface area contributed by atoms with Gasteiger partial charge in [0.15, 0.2) is 0 Å². The second kappa shape index (κ2) is 2.35. The number of hydrogen-bond acceptors (Lipinski definition) is 2. The van der Waals surface area contributed by atoms with E-state index in [9.17, 15) is 0 Å². The van der Waals surface area contributed by atoms with Crippen LogP contribution in [0.2, 0.25) is 0 Å². The van der Waals surface area contributed by atoms with Gasteiger partial charge in [-0.2, -0.15) is 5.10 Å². The third-order valence-corrected chi connectivity index (χ3v) is 3.26. The summed E-state index contributed by atoms with van der Waals surface area (Å²) in [6, 6.07) is 0.279. The van der Waals surface area contributed by atoms with Crippen molar-refractivity contribution in [2.24, 2.45) is 18.2 Å². The normalized spacial score (nSPS) is 30.5. The maximum atomic E-state index is 6.01. The molecule has 2 atom stereocenters. The van der Waals surface area contributed by atoms with Gasteiger partial charge in [-0.25, -0.2) is 0 Å². The summed E-state index contributed by atoms with van der Waals surface area (Å²) in [5.74, 6) is 0.452. The highest BCUT2D eigenvalue weighted by atomic mass is 15.3.